The van der Waals surface area contributed by atoms with Crippen LogP contribution in [0.25, 0.3) is 0 Å². The predicted octanol–water partition coefficient (Wildman–Crippen LogP) is -23.4. The fourth-order valence-electron chi connectivity index (χ4n) is 0. The quantitative estimate of drug-likeness (QED) is 0.286. The van der Waals surface area contributed by atoms with Crippen molar-refractivity contribution < 1.29 is 147 Å². The molecular weight excluding hydrogens is 361 g/mol. The average Bonchev–Trinajstić information content (AvgIpc) is 1.76. The van der Waals surface area contributed by atoms with Gasteiger partial charge >= 0.3 is 59.1 Å². The Labute approximate surface area is 175 Å². The van der Waals surface area contributed by atoms with Crippen LogP contribution in [0.15, 0.2) is 0 Å². The van der Waals surface area contributed by atoms with Gasteiger partial charge in [-0.2, -0.15) is 0 Å². The van der Waals surface area contributed by atoms with Crippen LogP contribution in [0.4, 0.5) is 0 Å². The summed E-state index contributed by atoms with van der Waals surface area (Å²) in [6.07, 6.45) is 0. The minimum Gasteiger partial charge on any atom is -0.871 e. The smallest absolute Gasteiger partial charge is 0.871 e. The van der Waals surface area contributed by atoms with Crippen LogP contribution in [0.1, 0.15) is 0 Å². The van der Waals surface area contributed by atoms with Crippen LogP contribution in [0.2, 0.25) is 0 Å². The first-order valence-corrected chi connectivity index (χ1v) is 2.92. The van der Waals surface area contributed by atoms with Gasteiger partial charge in [0.1, 0.15) is 0 Å². The van der Waals surface area contributed by atoms with E-state index in [4.69, 9.17) is 60.3 Å². The number of rotatable bonds is 0. The summed E-state index contributed by atoms with van der Waals surface area (Å²) in [6.45, 7) is 0. The van der Waals surface area contributed by atoms with Crippen molar-refractivity contribution in [1.82, 2.24) is 0 Å². The van der Waals surface area contributed by atoms with Crippen molar-refractivity contribution in [3.63, 3.8) is 0 Å². The number of hydrogen-bond donors (Lipinski definition) is 4. The second-order valence-corrected chi connectivity index (χ2v) is 1.23. The zero-order valence-electron chi connectivity index (χ0n) is 11.9. The van der Waals surface area contributed by atoms with Crippen LogP contribution in [-0.2, 0) is 0 Å². The molecule has 23 heavy (non-hydrogen) atoms. The Balaban J connectivity index is -0.00000000842. The zero-order valence-corrected chi connectivity index (χ0v) is 15.9. The van der Waals surface area contributed by atoms with Gasteiger partial charge in [-0.1, -0.05) is 0 Å². The van der Waals surface area contributed by atoms with E-state index in [-0.39, 0.29) is 86.5 Å². The van der Waals surface area contributed by atoms with Crippen molar-refractivity contribution in [2.45, 2.75) is 0 Å². The van der Waals surface area contributed by atoms with Crippen LogP contribution < -0.4 is 99.3 Å². The van der Waals surface area contributed by atoms with Gasteiger partial charge in [-0.05, 0) is 0 Å². The molecular formula is H14B4Na2O17-6. The van der Waals surface area contributed by atoms with Gasteiger partial charge in [0.15, 0.2) is 0 Å². The van der Waals surface area contributed by atoms with Crippen LogP contribution in [0, 0.1) is 0 Å². The van der Waals surface area contributed by atoms with E-state index in [1.165, 1.54) is 0 Å². The molecule has 0 heterocycles. The molecule has 0 aromatic rings. The van der Waals surface area contributed by atoms with E-state index in [0.717, 1.165) is 0 Å². The SMILES string of the molecule is O.O.O.O.O.[Na+].[Na+].[O-]B([O-])O.[O-]B([O-])O.[O-]B([O-])O.[O-]B([O-])O. The van der Waals surface area contributed by atoms with Crippen LogP contribution in [0.5, 0.6) is 0 Å². The van der Waals surface area contributed by atoms with Crippen molar-refractivity contribution in [3.8, 4) is 0 Å². The predicted molar refractivity (Wildman–Crippen MR) is 50.0 cm³/mol. The maximum Gasteiger partial charge on any atom is 1.00 e. The van der Waals surface area contributed by atoms with E-state index in [2.05, 4.69) is 0 Å². The first-order valence-electron chi connectivity index (χ1n) is 2.92. The van der Waals surface area contributed by atoms with E-state index in [0.29, 0.717) is 0 Å². The molecule has 0 aliphatic carbocycles. The van der Waals surface area contributed by atoms with Crippen molar-refractivity contribution in [3.05, 3.63) is 0 Å². The molecule has 0 saturated carbocycles. The maximum absolute atomic E-state index is 8.53. The van der Waals surface area contributed by atoms with E-state index >= 15 is 0 Å². The second-order valence-electron chi connectivity index (χ2n) is 1.23. The number of hydrogen-bond acceptors (Lipinski definition) is 12. The third kappa shape index (κ3) is 4400. The largest absolute Gasteiger partial charge is 1.00 e. The van der Waals surface area contributed by atoms with Gasteiger partial charge in [-0.3, -0.25) is 0 Å². The molecule has 23 heteroatoms. The Morgan fingerprint density at radius 2 is 0.348 bits per heavy atom. The van der Waals surface area contributed by atoms with Crippen LogP contribution >= 0.6 is 0 Å². The topological polar surface area (TPSA) is 423 Å². The molecule has 0 atom stereocenters. The van der Waals surface area contributed by atoms with E-state index in [9.17, 15) is 0 Å². The van der Waals surface area contributed by atoms with Gasteiger partial charge in [-0.15, -0.1) is 0 Å². The molecule has 0 amide bonds. The molecule has 0 aliphatic rings. The molecule has 0 saturated heterocycles. The summed E-state index contributed by atoms with van der Waals surface area (Å²) in [4.78, 5) is 0. The van der Waals surface area contributed by atoms with E-state index in [1.54, 1.807) is 0 Å². The van der Waals surface area contributed by atoms with E-state index < -0.39 is 29.3 Å². The van der Waals surface area contributed by atoms with Gasteiger partial charge in [0.05, 0.1) is 29.3 Å². The molecule has 0 radical (unpaired) electrons. The Morgan fingerprint density at radius 1 is 0.348 bits per heavy atom. The van der Waals surface area contributed by atoms with Crippen LogP contribution in [-0.4, -0.2) is 76.8 Å². The maximum atomic E-state index is 8.53. The minimum atomic E-state index is -2.67. The Hall–Kier alpha value is 1.58. The van der Waals surface area contributed by atoms with E-state index in [1.807, 2.05) is 0 Å². The van der Waals surface area contributed by atoms with Gasteiger partial charge in [0.2, 0.25) is 0 Å². The molecule has 0 rings (SSSR count). The molecule has 136 valence electrons. The van der Waals surface area contributed by atoms with Crippen molar-refractivity contribution in [1.29, 1.82) is 0 Å². The second kappa shape index (κ2) is 65.2. The molecule has 0 unspecified atom stereocenters. The van der Waals surface area contributed by atoms with Crippen LogP contribution in [0.3, 0.4) is 0 Å². The standard InChI is InChI=1S/4BHO3.2Na.5H2O/c4*2-1(3)4;;;;;;;/h4*2H;;;5*1H2/q4*-2;2*+1;;;;;. The van der Waals surface area contributed by atoms with Gasteiger partial charge in [0, 0.05) is 0 Å². The Kier molecular flexibility index (Phi) is 210. The fourth-order valence-corrected chi connectivity index (χ4v) is 0. The summed E-state index contributed by atoms with van der Waals surface area (Å²) in [5, 5.41) is 96.0. The monoisotopic (exact) mass is 376 g/mol. The normalized spacial score (nSPS) is 4.70. The summed E-state index contributed by atoms with van der Waals surface area (Å²) in [5.41, 5.74) is 0. The molecule has 0 aromatic heterocycles. The van der Waals surface area contributed by atoms with Crippen molar-refractivity contribution >= 4 is 29.3 Å². The van der Waals surface area contributed by atoms with Crippen molar-refractivity contribution in [2.75, 3.05) is 0 Å². The Bertz CT molecular complexity index is 67.6. The molecule has 0 spiro atoms. The third-order valence-electron chi connectivity index (χ3n) is 0. The summed E-state index contributed by atoms with van der Waals surface area (Å²) >= 11 is 0. The van der Waals surface area contributed by atoms with Gasteiger partial charge in [-0.25, -0.2) is 0 Å². The Morgan fingerprint density at radius 3 is 0.348 bits per heavy atom. The first-order chi connectivity index (χ1) is 6.93. The molecule has 0 aliphatic heterocycles. The fraction of sp³-hybridized carbons (Fsp3) is 0. The van der Waals surface area contributed by atoms with Gasteiger partial charge in [0.25, 0.3) is 0 Å². The summed E-state index contributed by atoms with van der Waals surface area (Å²) in [5.74, 6) is 0. The summed E-state index contributed by atoms with van der Waals surface area (Å²) in [7, 11) is -10.7. The molecule has 14 N–H and O–H groups in total. The third-order valence-corrected chi connectivity index (χ3v) is 0. The summed E-state index contributed by atoms with van der Waals surface area (Å²) in [6, 6.07) is 0. The molecule has 0 fully saturated rings. The zero-order chi connectivity index (χ0) is 14.3. The average molecular weight is 375 g/mol. The molecule has 17 nitrogen and oxygen atoms in total. The minimum absolute atomic E-state index is 0. The molecule has 0 bridgehead atoms. The molecule has 0 aromatic carbocycles. The van der Waals surface area contributed by atoms with Gasteiger partial charge < -0.3 is 87.7 Å². The van der Waals surface area contributed by atoms with Crippen molar-refractivity contribution in [2.24, 2.45) is 0 Å². The first kappa shape index (κ1) is 74.1. The summed E-state index contributed by atoms with van der Waals surface area (Å²) < 4.78 is 0.